The molecule has 2 amide bonds. The highest BCUT2D eigenvalue weighted by Gasteiger charge is 2.20. The second-order valence-corrected chi connectivity index (χ2v) is 5.69. The van der Waals surface area contributed by atoms with E-state index in [1.165, 1.54) is 6.07 Å². The van der Waals surface area contributed by atoms with Crippen LogP contribution in [-0.4, -0.2) is 42.4 Å². The summed E-state index contributed by atoms with van der Waals surface area (Å²) in [4.78, 5) is 25.8. The first-order chi connectivity index (χ1) is 10.4. The van der Waals surface area contributed by atoms with Crippen molar-refractivity contribution in [2.75, 3.05) is 19.6 Å². The quantitative estimate of drug-likeness (QED) is 0.770. The lowest BCUT2D eigenvalue weighted by Crippen LogP contribution is -2.46. The van der Waals surface area contributed by atoms with Crippen LogP contribution in [0.15, 0.2) is 24.3 Å². The lowest BCUT2D eigenvalue weighted by atomic mass is 10.0. The van der Waals surface area contributed by atoms with Crippen LogP contribution < -0.4 is 11.1 Å². The topological polar surface area (TPSA) is 75.4 Å². The van der Waals surface area contributed by atoms with Crippen LogP contribution in [0.5, 0.6) is 0 Å². The van der Waals surface area contributed by atoms with Crippen LogP contribution >= 0.6 is 0 Å². The smallest absolute Gasteiger partial charge is 0.251 e. The van der Waals surface area contributed by atoms with Crippen molar-refractivity contribution in [1.82, 2.24) is 10.2 Å². The molecule has 1 rings (SSSR count). The number of carbonyl (C=O) groups excluding carboxylic acids is 2. The third kappa shape index (κ3) is 4.84. The summed E-state index contributed by atoms with van der Waals surface area (Å²) in [5.41, 5.74) is 6.04. The Morgan fingerprint density at radius 2 is 1.77 bits per heavy atom. The molecule has 1 aromatic carbocycles. The maximum absolute atomic E-state index is 12.3. The Labute approximate surface area is 132 Å². The molecule has 0 saturated carbocycles. The number of rotatable bonds is 8. The Balaban J connectivity index is 2.75. The van der Waals surface area contributed by atoms with E-state index in [-0.39, 0.29) is 5.91 Å². The van der Waals surface area contributed by atoms with Crippen molar-refractivity contribution in [3.05, 3.63) is 35.4 Å². The predicted octanol–water partition coefficient (Wildman–Crippen LogP) is 1.88. The van der Waals surface area contributed by atoms with Crippen molar-refractivity contribution in [2.24, 2.45) is 11.7 Å². The first-order valence-electron chi connectivity index (χ1n) is 7.82. The Hall–Kier alpha value is -1.88. The molecule has 0 aliphatic heterocycles. The summed E-state index contributed by atoms with van der Waals surface area (Å²) in [7, 11) is 0. The van der Waals surface area contributed by atoms with E-state index in [1.807, 2.05) is 0 Å². The minimum atomic E-state index is -0.530. The summed E-state index contributed by atoms with van der Waals surface area (Å²) in [5, 5.41) is 2.96. The molecule has 0 aromatic heterocycles. The van der Waals surface area contributed by atoms with Gasteiger partial charge in [-0.05, 0) is 37.2 Å². The van der Waals surface area contributed by atoms with Gasteiger partial charge in [-0.25, -0.2) is 0 Å². The number of amides is 2. The molecule has 0 fully saturated rings. The maximum atomic E-state index is 12.3. The number of likely N-dealkylation sites (N-methyl/N-ethyl adjacent to an activating group) is 1. The number of hydrogen-bond acceptors (Lipinski definition) is 3. The highest BCUT2D eigenvalue weighted by Crippen LogP contribution is 2.10. The molecule has 0 radical (unpaired) electrons. The van der Waals surface area contributed by atoms with Gasteiger partial charge in [-0.2, -0.15) is 0 Å². The molecule has 1 unspecified atom stereocenters. The van der Waals surface area contributed by atoms with E-state index in [4.69, 9.17) is 5.73 Å². The normalized spacial score (nSPS) is 12.5. The van der Waals surface area contributed by atoms with Crippen LogP contribution in [0.4, 0.5) is 0 Å². The van der Waals surface area contributed by atoms with Crippen LogP contribution in [-0.2, 0) is 0 Å². The van der Waals surface area contributed by atoms with Crippen molar-refractivity contribution < 1.29 is 9.59 Å². The Morgan fingerprint density at radius 3 is 2.27 bits per heavy atom. The number of nitrogens with zero attached hydrogens (tertiary/aromatic N) is 1. The number of benzene rings is 1. The summed E-state index contributed by atoms with van der Waals surface area (Å²) < 4.78 is 0. The van der Waals surface area contributed by atoms with Gasteiger partial charge in [0.1, 0.15) is 0 Å². The first kappa shape index (κ1) is 18.2. The molecule has 1 atom stereocenters. The molecule has 122 valence electrons. The summed E-state index contributed by atoms with van der Waals surface area (Å²) in [6.45, 7) is 11.0. The molecule has 0 heterocycles. The Bertz CT molecular complexity index is 510. The van der Waals surface area contributed by atoms with Gasteiger partial charge in [-0.3, -0.25) is 14.5 Å². The van der Waals surface area contributed by atoms with Gasteiger partial charge in [0, 0.05) is 23.7 Å². The second kappa shape index (κ2) is 8.54. The summed E-state index contributed by atoms with van der Waals surface area (Å²) in [5.74, 6) is -0.268. The standard InChI is InChI=1S/C17H27N3O2/c1-5-20(6-2)15(12(3)4)11-19-17(22)14-9-7-8-13(10-14)16(18)21/h7-10,12,15H,5-6,11H2,1-4H3,(H2,18,21)(H,19,22). The maximum Gasteiger partial charge on any atom is 0.251 e. The average Bonchev–Trinajstić information content (AvgIpc) is 2.50. The largest absolute Gasteiger partial charge is 0.366 e. The minimum Gasteiger partial charge on any atom is -0.366 e. The number of carbonyl (C=O) groups is 2. The number of primary amides is 1. The molecule has 5 heteroatoms. The number of nitrogens with two attached hydrogens (primary N) is 1. The van der Waals surface area contributed by atoms with Crippen molar-refractivity contribution in [3.63, 3.8) is 0 Å². The summed E-state index contributed by atoms with van der Waals surface area (Å²) in [6.07, 6.45) is 0. The van der Waals surface area contributed by atoms with Gasteiger partial charge in [0.2, 0.25) is 5.91 Å². The fourth-order valence-electron chi connectivity index (χ4n) is 2.59. The van der Waals surface area contributed by atoms with Gasteiger partial charge in [0.15, 0.2) is 0 Å². The third-order valence-electron chi connectivity index (χ3n) is 3.93. The lowest BCUT2D eigenvalue weighted by molar-refractivity contribution is 0.0921. The van der Waals surface area contributed by atoms with Crippen LogP contribution in [0.25, 0.3) is 0 Å². The summed E-state index contributed by atoms with van der Waals surface area (Å²) >= 11 is 0. The highest BCUT2D eigenvalue weighted by molar-refractivity contribution is 5.99. The van der Waals surface area contributed by atoms with Crippen molar-refractivity contribution in [2.45, 2.75) is 33.7 Å². The molecule has 0 aliphatic rings. The highest BCUT2D eigenvalue weighted by atomic mass is 16.2. The molecular weight excluding hydrogens is 278 g/mol. The van der Waals surface area contributed by atoms with E-state index in [9.17, 15) is 9.59 Å². The number of nitrogens with one attached hydrogen (secondary N) is 1. The Morgan fingerprint density at radius 1 is 1.18 bits per heavy atom. The van der Waals surface area contributed by atoms with Crippen LogP contribution in [0, 0.1) is 5.92 Å². The Kier molecular flexibility index (Phi) is 7.05. The van der Waals surface area contributed by atoms with Gasteiger partial charge in [0.05, 0.1) is 0 Å². The van der Waals surface area contributed by atoms with Crippen LogP contribution in [0.1, 0.15) is 48.4 Å². The molecule has 1 aromatic rings. The van der Waals surface area contributed by atoms with Crippen molar-refractivity contribution in [3.8, 4) is 0 Å². The van der Waals surface area contributed by atoms with E-state index in [0.29, 0.717) is 29.6 Å². The van der Waals surface area contributed by atoms with Gasteiger partial charge < -0.3 is 11.1 Å². The molecule has 3 N–H and O–H groups in total. The first-order valence-corrected chi connectivity index (χ1v) is 7.82. The second-order valence-electron chi connectivity index (χ2n) is 5.69. The fraction of sp³-hybridized carbons (Fsp3) is 0.529. The zero-order valence-corrected chi connectivity index (χ0v) is 13.9. The van der Waals surface area contributed by atoms with Gasteiger partial charge in [0.25, 0.3) is 5.91 Å². The molecule has 0 saturated heterocycles. The van der Waals surface area contributed by atoms with Crippen molar-refractivity contribution in [1.29, 1.82) is 0 Å². The fourth-order valence-corrected chi connectivity index (χ4v) is 2.59. The molecular formula is C17H27N3O2. The lowest BCUT2D eigenvalue weighted by Gasteiger charge is -2.32. The SMILES string of the molecule is CCN(CC)C(CNC(=O)c1cccc(C(N)=O)c1)C(C)C. The molecule has 0 bridgehead atoms. The number of hydrogen-bond donors (Lipinski definition) is 2. The van der Waals surface area contributed by atoms with Gasteiger partial charge >= 0.3 is 0 Å². The summed E-state index contributed by atoms with van der Waals surface area (Å²) in [6, 6.07) is 6.77. The molecule has 5 nitrogen and oxygen atoms in total. The zero-order chi connectivity index (χ0) is 16.7. The minimum absolute atomic E-state index is 0.180. The average molecular weight is 305 g/mol. The van der Waals surface area contributed by atoms with Crippen LogP contribution in [0.3, 0.4) is 0 Å². The van der Waals surface area contributed by atoms with E-state index >= 15 is 0 Å². The van der Waals surface area contributed by atoms with Gasteiger partial charge in [-0.1, -0.05) is 33.8 Å². The van der Waals surface area contributed by atoms with E-state index < -0.39 is 5.91 Å². The zero-order valence-electron chi connectivity index (χ0n) is 13.9. The third-order valence-corrected chi connectivity index (χ3v) is 3.93. The van der Waals surface area contributed by atoms with Gasteiger partial charge in [-0.15, -0.1) is 0 Å². The van der Waals surface area contributed by atoms with E-state index in [2.05, 4.69) is 37.9 Å². The van der Waals surface area contributed by atoms with Crippen LogP contribution in [0.2, 0.25) is 0 Å². The predicted molar refractivity (Wildman–Crippen MR) is 88.8 cm³/mol. The van der Waals surface area contributed by atoms with Crippen molar-refractivity contribution >= 4 is 11.8 Å². The molecule has 22 heavy (non-hydrogen) atoms. The van der Waals surface area contributed by atoms with E-state index in [0.717, 1.165) is 13.1 Å². The molecule has 0 spiro atoms. The monoisotopic (exact) mass is 305 g/mol. The molecule has 0 aliphatic carbocycles. The van der Waals surface area contributed by atoms with E-state index in [1.54, 1.807) is 18.2 Å².